The van der Waals surface area contributed by atoms with Crippen molar-refractivity contribution in [3.05, 3.63) is 36.0 Å². The van der Waals surface area contributed by atoms with Gasteiger partial charge in [0.2, 0.25) is 11.9 Å². The van der Waals surface area contributed by atoms with E-state index in [0.29, 0.717) is 12.4 Å². The van der Waals surface area contributed by atoms with Crippen LogP contribution in [0.1, 0.15) is 5.56 Å². The Labute approximate surface area is 104 Å². The molecule has 2 heterocycles. The van der Waals surface area contributed by atoms with Crippen molar-refractivity contribution < 1.29 is 4.79 Å². The van der Waals surface area contributed by atoms with Crippen LogP contribution in [0.2, 0.25) is 0 Å². The van der Waals surface area contributed by atoms with Gasteiger partial charge in [-0.1, -0.05) is 6.07 Å². The van der Waals surface area contributed by atoms with Crippen molar-refractivity contribution in [2.24, 2.45) is 0 Å². The zero-order chi connectivity index (χ0) is 12.5. The second kappa shape index (κ2) is 4.10. The molecule has 3 rings (SSSR count). The van der Waals surface area contributed by atoms with Gasteiger partial charge in [0, 0.05) is 24.5 Å². The fourth-order valence-electron chi connectivity index (χ4n) is 2.03. The minimum atomic E-state index is 0.0424. The van der Waals surface area contributed by atoms with Crippen LogP contribution in [0.25, 0.3) is 11.3 Å². The SMILES string of the molecule is CNc1nccc(-c2ccc3c(c2)CC(=O)N3)n1. The summed E-state index contributed by atoms with van der Waals surface area (Å²) in [4.78, 5) is 19.8. The number of rotatable bonds is 2. The van der Waals surface area contributed by atoms with Crippen molar-refractivity contribution in [2.45, 2.75) is 6.42 Å². The Kier molecular flexibility index (Phi) is 2.44. The maximum Gasteiger partial charge on any atom is 0.228 e. The zero-order valence-electron chi connectivity index (χ0n) is 9.90. The van der Waals surface area contributed by atoms with Gasteiger partial charge in [0.1, 0.15) is 0 Å². The molecule has 1 aromatic heterocycles. The monoisotopic (exact) mass is 240 g/mol. The maximum absolute atomic E-state index is 11.3. The molecule has 2 N–H and O–H groups in total. The Morgan fingerprint density at radius 3 is 3.06 bits per heavy atom. The summed E-state index contributed by atoms with van der Waals surface area (Å²) in [5.74, 6) is 0.628. The first kappa shape index (κ1) is 10.7. The number of benzene rings is 1. The second-order valence-electron chi connectivity index (χ2n) is 4.11. The lowest BCUT2D eigenvalue weighted by atomic mass is 10.1. The van der Waals surface area contributed by atoms with Crippen molar-refractivity contribution >= 4 is 17.5 Å². The maximum atomic E-state index is 11.3. The van der Waals surface area contributed by atoms with Crippen molar-refractivity contribution in [2.75, 3.05) is 17.7 Å². The second-order valence-corrected chi connectivity index (χ2v) is 4.11. The third kappa shape index (κ3) is 1.79. The molecule has 5 nitrogen and oxygen atoms in total. The van der Waals surface area contributed by atoms with E-state index >= 15 is 0 Å². The molecular weight excluding hydrogens is 228 g/mol. The molecule has 0 aliphatic carbocycles. The number of hydrogen-bond acceptors (Lipinski definition) is 4. The topological polar surface area (TPSA) is 66.9 Å². The van der Waals surface area contributed by atoms with Gasteiger partial charge in [0.25, 0.3) is 0 Å². The Bertz CT molecular complexity index is 624. The van der Waals surface area contributed by atoms with E-state index in [1.165, 1.54) is 0 Å². The van der Waals surface area contributed by atoms with E-state index in [1.807, 2.05) is 24.3 Å². The summed E-state index contributed by atoms with van der Waals surface area (Å²) in [6.07, 6.45) is 2.15. The molecule has 1 amide bonds. The first-order valence-corrected chi connectivity index (χ1v) is 5.70. The first-order chi connectivity index (χ1) is 8.76. The number of nitrogens with zero attached hydrogens (tertiary/aromatic N) is 2. The minimum absolute atomic E-state index is 0.0424. The lowest BCUT2D eigenvalue weighted by Crippen LogP contribution is -2.03. The van der Waals surface area contributed by atoms with Crippen LogP contribution in [0.3, 0.4) is 0 Å². The molecule has 1 aliphatic heterocycles. The van der Waals surface area contributed by atoms with Crippen molar-refractivity contribution in [1.29, 1.82) is 0 Å². The third-order valence-electron chi connectivity index (χ3n) is 2.91. The van der Waals surface area contributed by atoms with E-state index in [9.17, 15) is 4.79 Å². The fraction of sp³-hybridized carbons (Fsp3) is 0.154. The Morgan fingerprint density at radius 1 is 1.33 bits per heavy atom. The van der Waals surface area contributed by atoms with E-state index < -0.39 is 0 Å². The average Bonchev–Trinajstić information content (AvgIpc) is 2.77. The molecule has 0 saturated heterocycles. The van der Waals surface area contributed by atoms with E-state index in [1.54, 1.807) is 13.2 Å². The van der Waals surface area contributed by atoms with Crippen molar-refractivity contribution in [3.63, 3.8) is 0 Å². The molecule has 0 bridgehead atoms. The van der Waals surface area contributed by atoms with Crippen LogP contribution in [0.15, 0.2) is 30.5 Å². The highest BCUT2D eigenvalue weighted by Gasteiger charge is 2.17. The highest BCUT2D eigenvalue weighted by molar-refractivity contribution is 5.99. The molecule has 0 radical (unpaired) electrons. The fourth-order valence-corrected chi connectivity index (χ4v) is 2.03. The van der Waals surface area contributed by atoms with Gasteiger partial charge in [-0.15, -0.1) is 0 Å². The molecule has 0 unspecified atom stereocenters. The summed E-state index contributed by atoms with van der Waals surface area (Å²) in [5.41, 5.74) is 3.74. The smallest absolute Gasteiger partial charge is 0.228 e. The van der Waals surface area contributed by atoms with Crippen LogP contribution >= 0.6 is 0 Å². The molecule has 0 saturated carbocycles. The van der Waals surface area contributed by atoms with Crippen LogP contribution in [0, 0.1) is 0 Å². The lowest BCUT2D eigenvalue weighted by Gasteiger charge is -2.05. The summed E-state index contributed by atoms with van der Waals surface area (Å²) >= 11 is 0. The molecule has 5 heteroatoms. The minimum Gasteiger partial charge on any atom is -0.357 e. The first-order valence-electron chi connectivity index (χ1n) is 5.70. The van der Waals surface area contributed by atoms with E-state index in [0.717, 1.165) is 22.5 Å². The van der Waals surface area contributed by atoms with Gasteiger partial charge in [-0.25, -0.2) is 9.97 Å². The number of nitrogens with one attached hydrogen (secondary N) is 2. The highest BCUT2D eigenvalue weighted by atomic mass is 16.1. The molecular formula is C13H12N4O. The number of anilines is 2. The summed E-state index contributed by atoms with van der Waals surface area (Å²) in [7, 11) is 1.78. The van der Waals surface area contributed by atoms with Crippen LogP contribution in [0.5, 0.6) is 0 Å². The molecule has 1 aliphatic rings. The van der Waals surface area contributed by atoms with E-state index in [4.69, 9.17) is 0 Å². The Hall–Kier alpha value is -2.43. The lowest BCUT2D eigenvalue weighted by molar-refractivity contribution is -0.115. The number of carbonyl (C=O) groups is 1. The molecule has 90 valence electrons. The third-order valence-corrected chi connectivity index (χ3v) is 2.91. The molecule has 1 aromatic carbocycles. The largest absolute Gasteiger partial charge is 0.357 e. The summed E-state index contributed by atoms with van der Waals surface area (Å²) < 4.78 is 0. The van der Waals surface area contributed by atoms with Crippen molar-refractivity contribution in [3.8, 4) is 11.3 Å². The molecule has 0 spiro atoms. The molecule has 0 fully saturated rings. The number of aromatic nitrogens is 2. The van der Waals surface area contributed by atoms with Gasteiger partial charge in [-0.05, 0) is 23.8 Å². The summed E-state index contributed by atoms with van der Waals surface area (Å²) in [5, 5.41) is 5.72. The van der Waals surface area contributed by atoms with E-state index in [-0.39, 0.29) is 5.91 Å². The van der Waals surface area contributed by atoms with Crippen molar-refractivity contribution in [1.82, 2.24) is 9.97 Å². The highest BCUT2D eigenvalue weighted by Crippen LogP contribution is 2.28. The average molecular weight is 240 g/mol. The standard InChI is InChI=1S/C13H12N4O/c1-14-13-15-5-4-11(17-13)8-2-3-10-9(6-8)7-12(18)16-10/h2-6H,7H2,1H3,(H,16,18)(H,14,15,17). The Balaban J connectivity index is 2.02. The van der Waals surface area contributed by atoms with E-state index in [2.05, 4.69) is 20.6 Å². The summed E-state index contributed by atoms with van der Waals surface area (Å²) in [6.45, 7) is 0. The Morgan fingerprint density at radius 2 is 2.22 bits per heavy atom. The number of fused-ring (bicyclic) bond motifs is 1. The normalized spacial score (nSPS) is 13.1. The predicted molar refractivity (Wildman–Crippen MR) is 69.3 cm³/mol. The van der Waals surface area contributed by atoms with Gasteiger partial charge in [0.05, 0.1) is 12.1 Å². The number of carbonyl (C=O) groups excluding carboxylic acids is 1. The van der Waals surface area contributed by atoms with Crippen LogP contribution < -0.4 is 10.6 Å². The van der Waals surface area contributed by atoms with Crippen LogP contribution in [0.4, 0.5) is 11.6 Å². The van der Waals surface area contributed by atoms with Gasteiger partial charge >= 0.3 is 0 Å². The van der Waals surface area contributed by atoms with Gasteiger partial charge < -0.3 is 10.6 Å². The predicted octanol–water partition coefficient (Wildman–Crippen LogP) is 1.68. The van der Waals surface area contributed by atoms with Gasteiger partial charge in [0.15, 0.2) is 0 Å². The zero-order valence-corrected chi connectivity index (χ0v) is 9.90. The molecule has 0 atom stereocenters. The number of hydrogen-bond donors (Lipinski definition) is 2. The van der Waals surface area contributed by atoms with Gasteiger partial charge in [-0.3, -0.25) is 4.79 Å². The molecule has 18 heavy (non-hydrogen) atoms. The quantitative estimate of drug-likeness (QED) is 0.838. The summed E-state index contributed by atoms with van der Waals surface area (Å²) in [6, 6.07) is 7.71. The van der Waals surface area contributed by atoms with Crippen LogP contribution in [-0.4, -0.2) is 22.9 Å². The van der Waals surface area contributed by atoms with Gasteiger partial charge in [-0.2, -0.15) is 0 Å². The van der Waals surface area contributed by atoms with Crippen LogP contribution in [-0.2, 0) is 11.2 Å². The molecule has 2 aromatic rings. The number of amides is 1.